The van der Waals surface area contributed by atoms with E-state index >= 15 is 0 Å². The first-order valence-electron chi connectivity index (χ1n) is 5.99. The second-order valence-corrected chi connectivity index (χ2v) is 4.24. The highest BCUT2D eigenvalue weighted by Crippen LogP contribution is 2.22. The van der Waals surface area contributed by atoms with Gasteiger partial charge in [-0.2, -0.15) is 0 Å². The molecule has 1 aromatic heterocycles. The molecule has 0 saturated heterocycles. The van der Waals surface area contributed by atoms with Crippen molar-refractivity contribution in [2.75, 3.05) is 6.61 Å². The third-order valence-electron chi connectivity index (χ3n) is 2.55. The molecule has 1 heterocycles. The van der Waals surface area contributed by atoms with Crippen LogP contribution in [0.1, 0.15) is 61.8 Å². The summed E-state index contributed by atoms with van der Waals surface area (Å²) < 4.78 is 4.98. The van der Waals surface area contributed by atoms with E-state index < -0.39 is 0 Å². The number of carbonyl (C=O) groups is 1. The van der Waals surface area contributed by atoms with Gasteiger partial charge in [-0.15, -0.1) is 0 Å². The van der Waals surface area contributed by atoms with Crippen LogP contribution < -0.4 is 0 Å². The third-order valence-corrected chi connectivity index (χ3v) is 2.55. The Balaban J connectivity index is 2.96. The van der Waals surface area contributed by atoms with Crippen molar-refractivity contribution < 1.29 is 9.53 Å². The maximum atomic E-state index is 11.6. The number of esters is 1. The average molecular weight is 223 g/mol. The van der Waals surface area contributed by atoms with E-state index in [0.717, 1.165) is 12.8 Å². The van der Waals surface area contributed by atoms with Crippen molar-refractivity contribution in [2.24, 2.45) is 0 Å². The smallest absolute Gasteiger partial charge is 0.354 e. The molecule has 0 spiro atoms. The molecule has 1 N–H and O–H groups in total. The Hall–Kier alpha value is -1.25. The number of aromatic nitrogens is 1. The molecule has 0 saturated carbocycles. The van der Waals surface area contributed by atoms with Crippen LogP contribution in [-0.2, 0) is 11.2 Å². The fourth-order valence-electron chi connectivity index (χ4n) is 1.80. The fraction of sp³-hybridized carbons (Fsp3) is 0.615. The Morgan fingerprint density at radius 1 is 1.44 bits per heavy atom. The molecule has 0 aliphatic heterocycles. The van der Waals surface area contributed by atoms with E-state index in [9.17, 15) is 4.79 Å². The first-order chi connectivity index (χ1) is 7.60. The van der Waals surface area contributed by atoms with Gasteiger partial charge in [0, 0.05) is 5.69 Å². The summed E-state index contributed by atoms with van der Waals surface area (Å²) in [6.45, 7) is 8.64. The summed E-state index contributed by atoms with van der Waals surface area (Å²) in [6, 6.07) is 1.92. The second kappa shape index (κ2) is 5.73. The zero-order chi connectivity index (χ0) is 12.1. The molecule has 3 nitrogen and oxygen atoms in total. The minimum Gasteiger partial charge on any atom is -0.461 e. The van der Waals surface area contributed by atoms with Gasteiger partial charge in [0.15, 0.2) is 0 Å². The number of hydrogen-bond donors (Lipinski definition) is 1. The normalized spacial score (nSPS) is 10.8. The van der Waals surface area contributed by atoms with Crippen molar-refractivity contribution in [2.45, 2.75) is 46.5 Å². The van der Waals surface area contributed by atoms with Gasteiger partial charge in [0.25, 0.3) is 0 Å². The summed E-state index contributed by atoms with van der Waals surface area (Å²) >= 11 is 0. The van der Waals surface area contributed by atoms with E-state index in [2.05, 4.69) is 25.8 Å². The Bertz CT molecular complexity index is 353. The van der Waals surface area contributed by atoms with Crippen molar-refractivity contribution in [1.29, 1.82) is 0 Å². The summed E-state index contributed by atoms with van der Waals surface area (Å²) in [5, 5.41) is 0. The van der Waals surface area contributed by atoms with E-state index in [4.69, 9.17) is 4.74 Å². The molecule has 0 radical (unpaired) electrons. The molecule has 0 bridgehead atoms. The lowest BCUT2D eigenvalue weighted by molar-refractivity contribution is 0.0520. The topological polar surface area (TPSA) is 42.1 Å². The lowest BCUT2D eigenvalue weighted by Crippen LogP contribution is -2.04. The van der Waals surface area contributed by atoms with Crippen molar-refractivity contribution >= 4 is 5.97 Å². The summed E-state index contributed by atoms with van der Waals surface area (Å²) in [6.07, 6.45) is 2.05. The van der Waals surface area contributed by atoms with Crippen LogP contribution >= 0.6 is 0 Å². The number of ether oxygens (including phenoxy) is 1. The zero-order valence-corrected chi connectivity index (χ0v) is 10.6. The number of carbonyl (C=O) groups excluding carboxylic acids is 1. The standard InChI is InChI=1S/C13H21NO2/c1-5-7-11-10(9(3)4)8-12(14-11)13(15)16-6-2/h8-9,14H,5-7H2,1-4H3. The van der Waals surface area contributed by atoms with Gasteiger partial charge < -0.3 is 9.72 Å². The van der Waals surface area contributed by atoms with Gasteiger partial charge in [0.05, 0.1) is 6.61 Å². The van der Waals surface area contributed by atoms with Crippen LogP contribution in [0.4, 0.5) is 0 Å². The number of rotatable bonds is 5. The van der Waals surface area contributed by atoms with Crippen LogP contribution in [0.5, 0.6) is 0 Å². The van der Waals surface area contributed by atoms with Gasteiger partial charge >= 0.3 is 5.97 Å². The van der Waals surface area contributed by atoms with Gasteiger partial charge in [-0.1, -0.05) is 27.2 Å². The molecule has 0 aliphatic rings. The lowest BCUT2D eigenvalue weighted by atomic mass is 10.0. The molecule has 16 heavy (non-hydrogen) atoms. The maximum absolute atomic E-state index is 11.6. The predicted octanol–water partition coefficient (Wildman–Crippen LogP) is 3.27. The molecule has 0 amide bonds. The van der Waals surface area contributed by atoms with Crippen LogP contribution in [0.3, 0.4) is 0 Å². The first kappa shape index (κ1) is 12.8. The average Bonchev–Trinajstić information content (AvgIpc) is 2.63. The number of aromatic amines is 1. The summed E-state index contributed by atoms with van der Waals surface area (Å²) in [5.74, 6) is 0.174. The molecule has 1 aromatic rings. The highest BCUT2D eigenvalue weighted by atomic mass is 16.5. The number of hydrogen-bond acceptors (Lipinski definition) is 2. The molecule has 90 valence electrons. The van der Waals surface area contributed by atoms with Crippen LogP contribution in [0.15, 0.2) is 6.07 Å². The van der Waals surface area contributed by atoms with Gasteiger partial charge in [0.1, 0.15) is 5.69 Å². The van der Waals surface area contributed by atoms with Gasteiger partial charge in [0.2, 0.25) is 0 Å². The van der Waals surface area contributed by atoms with E-state index in [1.54, 1.807) is 0 Å². The molecule has 3 heteroatoms. The van der Waals surface area contributed by atoms with Crippen molar-refractivity contribution in [3.05, 3.63) is 23.0 Å². The molecule has 0 aliphatic carbocycles. The third kappa shape index (κ3) is 2.87. The summed E-state index contributed by atoms with van der Waals surface area (Å²) in [5.41, 5.74) is 2.97. The molecule has 0 fully saturated rings. The molecular formula is C13H21NO2. The Morgan fingerprint density at radius 2 is 2.12 bits per heavy atom. The Labute approximate surface area is 97.2 Å². The molecule has 1 rings (SSSR count). The van der Waals surface area contributed by atoms with Crippen LogP contribution in [0.25, 0.3) is 0 Å². The Kier molecular flexibility index (Phi) is 4.59. The van der Waals surface area contributed by atoms with Crippen LogP contribution in [0.2, 0.25) is 0 Å². The number of nitrogens with one attached hydrogen (secondary N) is 1. The molecule has 0 atom stereocenters. The second-order valence-electron chi connectivity index (χ2n) is 4.24. The van der Waals surface area contributed by atoms with E-state index in [1.807, 2.05) is 13.0 Å². The van der Waals surface area contributed by atoms with Crippen molar-refractivity contribution in [3.8, 4) is 0 Å². The highest BCUT2D eigenvalue weighted by molar-refractivity contribution is 5.88. The van der Waals surface area contributed by atoms with Gasteiger partial charge in [-0.25, -0.2) is 4.79 Å². The maximum Gasteiger partial charge on any atom is 0.354 e. The van der Waals surface area contributed by atoms with Crippen LogP contribution in [-0.4, -0.2) is 17.6 Å². The summed E-state index contributed by atoms with van der Waals surface area (Å²) in [7, 11) is 0. The minimum atomic E-state index is -0.258. The van der Waals surface area contributed by atoms with E-state index in [-0.39, 0.29) is 5.97 Å². The van der Waals surface area contributed by atoms with Crippen molar-refractivity contribution in [3.63, 3.8) is 0 Å². The first-order valence-corrected chi connectivity index (χ1v) is 5.99. The highest BCUT2D eigenvalue weighted by Gasteiger charge is 2.15. The quantitative estimate of drug-likeness (QED) is 0.778. The minimum absolute atomic E-state index is 0.258. The number of H-pyrrole nitrogens is 1. The monoisotopic (exact) mass is 223 g/mol. The van der Waals surface area contributed by atoms with Gasteiger partial charge in [-0.05, 0) is 30.9 Å². The van der Waals surface area contributed by atoms with Crippen LogP contribution in [0, 0.1) is 0 Å². The van der Waals surface area contributed by atoms with Crippen molar-refractivity contribution in [1.82, 2.24) is 4.98 Å². The largest absolute Gasteiger partial charge is 0.461 e. The molecule has 0 aromatic carbocycles. The van der Waals surface area contributed by atoms with E-state index in [0.29, 0.717) is 18.2 Å². The SMILES string of the molecule is CCCc1[nH]c(C(=O)OCC)cc1C(C)C. The predicted molar refractivity (Wildman–Crippen MR) is 64.8 cm³/mol. The van der Waals surface area contributed by atoms with E-state index in [1.165, 1.54) is 11.3 Å². The Morgan fingerprint density at radius 3 is 2.62 bits per heavy atom. The molecular weight excluding hydrogens is 202 g/mol. The summed E-state index contributed by atoms with van der Waals surface area (Å²) in [4.78, 5) is 14.8. The zero-order valence-electron chi connectivity index (χ0n) is 10.6. The van der Waals surface area contributed by atoms with Gasteiger partial charge in [-0.3, -0.25) is 0 Å². The number of aryl methyl sites for hydroxylation is 1. The molecule has 0 unspecified atom stereocenters. The lowest BCUT2D eigenvalue weighted by Gasteiger charge is -2.04. The fourth-order valence-corrected chi connectivity index (χ4v) is 1.80.